The Bertz CT molecular complexity index is 353. The first-order chi connectivity index (χ1) is 7.78. The van der Waals surface area contributed by atoms with Crippen molar-refractivity contribution < 1.29 is 9.57 Å². The van der Waals surface area contributed by atoms with Crippen LogP contribution in [0.25, 0.3) is 0 Å². The smallest absolute Gasteiger partial charge is 0.120 e. The van der Waals surface area contributed by atoms with E-state index in [4.69, 9.17) is 10.6 Å². The number of benzene rings is 1. The Kier molecular flexibility index (Phi) is 4.21. The van der Waals surface area contributed by atoms with E-state index in [0.29, 0.717) is 6.61 Å². The largest absolute Gasteiger partial charge is 0.493 e. The first-order valence-electron chi connectivity index (χ1n) is 5.52. The van der Waals surface area contributed by atoms with E-state index < -0.39 is 0 Å². The number of halogens is 1. The molecule has 1 aromatic carbocycles. The molecule has 0 atom stereocenters. The lowest BCUT2D eigenvalue weighted by Gasteiger charge is -2.08. The zero-order chi connectivity index (χ0) is 11.4. The average Bonchev–Trinajstić information content (AvgIpc) is 3.07. The van der Waals surface area contributed by atoms with Gasteiger partial charge in [-0.3, -0.25) is 0 Å². The highest BCUT2D eigenvalue weighted by atomic mass is 79.9. The molecular weight excluding hydrogens is 270 g/mol. The Balaban J connectivity index is 1.96. The summed E-state index contributed by atoms with van der Waals surface area (Å²) in [5.41, 5.74) is 1.17. The van der Waals surface area contributed by atoms with Crippen molar-refractivity contribution in [2.75, 3.05) is 13.2 Å². The van der Waals surface area contributed by atoms with Crippen molar-refractivity contribution in [3.05, 3.63) is 28.2 Å². The molecule has 0 radical (unpaired) electrons. The number of hydrogen-bond acceptors (Lipinski definition) is 3. The molecule has 2 rings (SSSR count). The van der Waals surface area contributed by atoms with E-state index >= 15 is 0 Å². The molecule has 88 valence electrons. The molecule has 3 nitrogen and oxygen atoms in total. The minimum absolute atomic E-state index is 0.526. The van der Waals surface area contributed by atoms with E-state index in [-0.39, 0.29) is 0 Å². The van der Waals surface area contributed by atoms with Crippen molar-refractivity contribution in [3.8, 4) is 5.75 Å². The topological polar surface area (TPSA) is 44.5 Å². The number of hydrogen-bond donors (Lipinski definition) is 1. The highest BCUT2D eigenvalue weighted by Crippen LogP contribution is 2.30. The Morgan fingerprint density at radius 2 is 2.12 bits per heavy atom. The summed E-state index contributed by atoms with van der Waals surface area (Å²) in [7, 11) is 0. The fraction of sp³-hybridized carbons (Fsp3) is 0.500. The summed E-state index contributed by atoms with van der Waals surface area (Å²) in [5.74, 6) is 6.71. The lowest BCUT2D eigenvalue weighted by Crippen LogP contribution is -2.04. The SMILES string of the molecule is NOCCc1cc(Br)cc(OCC2CC2)c1. The Morgan fingerprint density at radius 1 is 1.31 bits per heavy atom. The van der Waals surface area contributed by atoms with Crippen molar-refractivity contribution in [3.63, 3.8) is 0 Å². The van der Waals surface area contributed by atoms with Gasteiger partial charge in [-0.05, 0) is 48.9 Å². The highest BCUT2D eigenvalue weighted by Gasteiger charge is 2.21. The summed E-state index contributed by atoms with van der Waals surface area (Å²) >= 11 is 3.48. The zero-order valence-electron chi connectivity index (χ0n) is 9.12. The number of ether oxygens (including phenoxy) is 1. The van der Waals surface area contributed by atoms with Crippen LogP contribution >= 0.6 is 15.9 Å². The first-order valence-corrected chi connectivity index (χ1v) is 6.31. The second kappa shape index (κ2) is 5.66. The predicted octanol–water partition coefficient (Wildman–Crippen LogP) is 2.67. The van der Waals surface area contributed by atoms with Crippen molar-refractivity contribution in [2.45, 2.75) is 19.3 Å². The summed E-state index contributed by atoms with van der Waals surface area (Å²) in [4.78, 5) is 4.58. The van der Waals surface area contributed by atoms with Crippen molar-refractivity contribution in [2.24, 2.45) is 11.8 Å². The molecule has 0 spiro atoms. The maximum absolute atomic E-state index is 5.73. The van der Waals surface area contributed by atoms with Gasteiger partial charge in [-0.25, -0.2) is 5.90 Å². The molecule has 1 aliphatic rings. The van der Waals surface area contributed by atoms with Crippen molar-refractivity contribution >= 4 is 15.9 Å². The summed E-state index contributed by atoms with van der Waals surface area (Å²) in [6.45, 7) is 1.36. The van der Waals surface area contributed by atoms with E-state index in [9.17, 15) is 0 Å². The molecule has 1 fully saturated rings. The number of rotatable bonds is 6. The van der Waals surface area contributed by atoms with Gasteiger partial charge < -0.3 is 9.57 Å². The molecule has 0 bridgehead atoms. The van der Waals surface area contributed by atoms with Crippen LogP contribution in [-0.4, -0.2) is 13.2 Å². The van der Waals surface area contributed by atoms with Gasteiger partial charge in [0.25, 0.3) is 0 Å². The fourth-order valence-electron chi connectivity index (χ4n) is 1.52. The lowest BCUT2D eigenvalue weighted by atomic mass is 10.1. The number of nitrogens with two attached hydrogens (primary N) is 1. The quantitative estimate of drug-likeness (QED) is 0.818. The summed E-state index contributed by atoms with van der Waals surface area (Å²) < 4.78 is 6.76. The van der Waals surface area contributed by atoms with Crippen LogP contribution in [0.4, 0.5) is 0 Å². The van der Waals surface area contributed by atoms with Crippen molar-refractivity contribution in [1.82, 2.24) is 0 Å². The molecule has 0 saturated heterocycles. The van der Waals surface area contributed by atoms with E-state index in [1.807, 2.05) is 12.1 Å². The van der Waals surface area contributed by atoms with Gasteiger partial charge in [0.15, 0.2) is 0 Å². The van der Waals surface area contributed by atoms with Gasteiger partial charge >= 0.3 is 0 Å². The molecule has 16 heavy (non-hydrogen) atoms. The van der Waals surface area contributed by atoms with E-state index in [2.05, 4.69) is 26.8 Å². The van der Waals surface area contributed by atoms with E-state index in [1.54, 1.807) is 0 Å². The molecule has 0 unspecified atom stereocenters. The van der Waals surface area contributed by atoms with E-state index in [0.717, 1.165) is 29.2 Å². The maximum atomic E-state index is 5.73. The minimum Gasteiger partial charge on any atom is -0.493 e. The summed E-state index contributed by atoms with van der Waals surface area (Å²) in [5, 5.41) is 0. The fourth-order valence-corrected chi connectivity index (χ4v) is 2.04. The molecule has 4 heteroatoms. The van der Waals surface area contributed by atoms with Crippen LogP contribution in [0.5, 0.6) is 5.75 Å². The molecule has 0 heterocycles. The standard InChI is InChI=1S/C12H16BrNO2/c13-11-5-10(3-4-16-14)6-12(7-11)15-8-9-1-2-9/h5-7,9H,1-4,8,14H2. The third-order valence-electron chi connectivity index (χ3n) is 2.62. The Morgan fingerprint density at radius 3 is 2.81 bits per heavy atom. The van der Waals surface area contributed by atoms with Crippen LogP contribution in [0, 0.1) is 5.92 Å². The molecular formula is C12H16BrNO2. The van der Waals surface area contributed by atoms with Gasteiger partial charge in [-0.15, -0.1) is 0 Å². The second-order valence-corrected chi connectivity index (χ2v) is 5.09. The Hall–Kier alpha value is -0.580. The van der Waals surface area contributed by atoms with Gasteiger partial charge in [0, 0.05) is 4.47 Å². The van der Waals surface area contributed by atoms with Gasteiger partial charge in [0.1, 0.15) is 5.75 Å². The van der Waals surface area contributed by atoms with Crippen LogP contribution in [-0.2, 0) is 11.3 Å². The molecule has 0 aromatic heterocycles. The van der Waals surface area contributed by atoms with Crippen LogP contribution in [0.1, 0.15) is 18.4 Å². The van der Waals surface area contributed by atoms with Gasteiger partial charge in [-0.2, -0.15) is 0 Å². The zero-order valence-corrected chi connectivity index (χ0v) is 10.7. The maximum Gasteiger partial charge on any atom is 0.120 e. The minimum atomic E-state index is 0.526. The molecule has 2 N–H and O–H groups in total. The second-order valence-electron chi connectivity index (χ2n) is 4.17. The van der Waals surface area contributed by atoms with Crippen LogP contribution in [0.3, 0.4) is 0 Å². The summed E-state index contributed by atoms with van der Waals surface area (Å²) in [6, 6.07) is 6.10. The lowest BCUT2D eigenvalue weighted by molar-refractivity contribution is 0.141. The van der Waals surface area contributed by atoms with Crippen molar-refractivity contribution in [1.29, 1.82) is 0 Å². The van der Waals surface area contributed by atoms with Gasteiger partial charge in [0.05, 0.1) is 13.2 Å². The van der Waals surface area contributed by atoms with Crippen LogP contribution < -0.4 is 10.6 Å². The highest BCUT2D eigenvalue weighted by molar-refractivity contribution is 9.10. The Labute approximate surface area is 104 Å². The molecule has 1 aromatic rings. The molecule has 0 aliphatic heterocycles. The van der Waals surface area contributed by atoms with Crippen LogP contribution in [0.2, 0.25) is 0 Å². The molecule has 1 aliphatic carbocycles. The third kappa shape index (κ3) is 3.77. The van der Waals surface area contributed by atoms with E-state index in [1.165, 1.54) is 18.4 Å². The average molecular weight is 286 g/mol. The monoisotopic (exact) mass is 285 g/mol. The predicted molar refractivity (Wildman–Crippen MR) is 66.2 cm³/mol. The van der Waals surface area contributed by atoms with Crippen LogP contribution in [0.15, 0.2) is 22.7 Å². The third-order valence-corrected chi connectivity index (χ3v) is 3.08. The molecule has 1 saturated carbocycles. The normalized spacial score (nSPS) is 15.1. The molecule has 0 amide bonds. The summed E-state index contributed by atoms with van der Waals surface area (Å²) in [6.07, 6.45) is 3.42. The first kappa shape index (κ1) is 11.9. The van der Waals surface area contributed by atoms with Gasteiger partial charge in [0.2, 0.25) is 0 Å². The van der Waals surface area contributed by atoms with Gasteiger partial charge in [-0.1, -0.05) is 15.9 Å².